The largest absolute Gasteiger partial charge is 0.378 e. The molecule has 2 aliphatic rings. The Morgan fingerprint density at radius 3 is 2.40 bits per heavy atom. The molecule has 2 unspecified atom stereocenters. The Bertz CT molecular complexity index is 230. The third kappa shape index (κ3) is 5.73. The van der Waals surface area contributed by atoms with Crippen molar-refractivity contribution in [2.24, 2.45) is 5.92 Å². The molecule has 0 aromatic rings. The van der Waals surface area contributed by atoms with Crippen molar-refractivity contribution in [1.82, 2.24) is 5.32 Å². The van der Waals surface area contributed by atoms with Crippen LogP contribution < -0.4 is 5.32 Å². The first-order valence-corrected chi connectivity index (χ1v) is 9.25. The molecule has 1 heterocycles. The molecule has 1 aliphatic heterocycles. The molecule has 2 rings (SSSR count). The number of hydrogen-bond acceptors (Lipinski definition) is 2. The zero-order valence-electron chi connectivity index (χ0n) is 13.5. The van der Waals surface area contributed by atoms with Crippen molar-refractivity contribution in [1.29, 1.82) is 0 Å². The number of rotatable bonds is 7. The van der Waals surface area contributed by atoms with Crippen molar-refractivity contribution in [3.8, 4) is 0 Å². The molecule has 20 heavy (non-hydrogen) atoms. The Balaban J connectivity index is 1.79. The molecule has 1 N–H and O–H groups in total. The molecule has 0 spiro atoms. The Kier molecular flexibility index (Phi) is 7.97. The standard InChI is InChI=1S/C18H35NO/c1-2-14-19-18(13-12-17-11-8-15-20-17)16-9-6-4-3-5-7-10-16/h16-19H,2-15H2,1H3. The summed E-state index contributed by atoms with van der Waals surface area (Å²) >= 11 is 0. The lowest BCUT2D eigenvalue weighted by atomic mass is 9.83. The summed E-state index contributed by atoms with van der Waals surface area (Å²) in [7, 11) is 0. The van der Waals surface area contributed by atoms with Gasteiger partial charge in [-0.05, 0) is 57.4 Å². The van der Waals surface area contributed by atoms with E-state index in [1.54, 1.807) is 0 Å². The molecule has 1 saturated heterocycles. The van der Waals surface area contributed by atoms with E-state index >= 15 is 0 Å². The Hall–Kier alpha value is -0.0800. The van der Waals surface area contributed by atoms with Crippen LogP contribution in [-0.2, 0) is 4.74 Å². The van der Waals surface area contributed by atoms with Gasteiger partial charge in [0.25, 0.3) is 0 Å². The summed E-state index contributed by atoms with van der Waals surface area (Å²) in [5.74, 6) is 0.920. The van der Waals surface area contributed by atoms with E-state index < -0.39 is 0 Å². The zero-order chi connectivity index (χ0) is 14.0. The SMILES string of the molecule is CCCNC(CCC1CCCO1)C1CCCCCCC1. The number of hydrogen-bond donors (Lipinski definition) is 1. The van der Waals surface area contributed by atoms with Crippen LogP contribution in [0.3, 0.4) is 0 Å². The third-order valence-electron chi connectivity index (χ3n) is 5.20. The lowest BCUT2D eigenvalue weighted by Gasteiger charge is -2.30. The molecule has 2 nitrogen and oxygen atoms in total. The molecule has 0 bridgehead atoms. The fourth-order valence-corrected chi connectivity index (χ4v) is 3.96. The topological polar surface area (TPSA) is 21.3 Å². The van der Waals surface area contributed by atoms with E-state index in [9.17, 15) is 0 Å². The monoisotopic (exact) mass is 281 g/mol. The van der Waals surface area contributed by atoms with E-state index in [0.717, 1.165) is 18.6 Å². The minimum atomic E-state index is 0.564. The second-order valence-corrected chi connectivity index (χ2v) is 6.88. The van der Waals surface area contributed by atoms with Crippen LogP contribution in [0.5, 0.6) is 0 Å². The highest BCUT2D eigenvalue weighted by molar-refractivity contribution is 4.80. The fourth-order valence-electron chi connectivity index (χ4n) is 3.96. The quantitative estimate of drug-likeness (QED) is 0.732. The maximum atomic E-state index is 5.81. The molecule has 118 valence electrons. The van der Waals surface area contributed by atoms with Gasteiger partial charge in [-0.3, -0.25) is 0 Å². The average Bonchev–Trinajstić information content (AvgIpc) is 2.93. The van der Waals surface area contributed by atoms with Crippen molar-refractivity contribution in [2.45, 2.75) is 96.1 Å². The molecule has 2 fully saturated rings. The van der Waals surface area contributed by atoms with Gasteiger partial charge in [-0.2, -0.15) is 0 Å². The van der Waals surface area contributed by atoms with Crippen LogP contribution in [-0.4, -0.2) is 25.3 Å². The first kappa shape index (κ1) is 16.3. The maximum Gasteiger partial charge on any atom is 0.0576 e. The molecule has 1 aliphatic carbocycles. The summed E-state index contributed by atoms with van der Waals surface area (Å²) in [5.41, 5.74) is 0. The van der Waals surface area contributed by atoms with Gasteiger partial charge in [-0.1, -0.05) is 39.0 Å². The summed E-state index contributed by atoms with van der Waals surface area (Å²) in [4.78, 5) is 0. The fraction of sp³-hybridized carbons (Fsp3) is 1.00. The average molecular weight is 281 g/mol. The summed E-state index contributed by atoms with van der Waals surface area (Å²) in [6.07, 6.45) is 17.2. The van der Waals surface area contributed by atoms with Crippen LogP contribution in [0.15, 0.2) is 0 Å². The Morgan fingerprint density at radius 2 is 1.75 bits per heavy atom. The third-order valence-corrected chi connectivity index (χ3v) is 5.20. The highest BCUT2D eigenvalue weighted by atomic mass is 16.5. The van der Waals surface area contributed by atoms with Crippen molar-refractivity contribution in [2.75, 3.05) is 13.2 Å². The smallest absolute Gasteiger partial charge is 0.0576 e. The van der Waals surface area contributed by atoms with Crippen molar-refractivity contribution < 1.29 is 4.74 Å². The molecular weight excluding hydrogens is 246 g/mol. The van der Waals surface area contributed by atoms with Crippen LogP contribution in [0.4, 0.5) is 0 Å². The Labute approximate surface area is 126 Å². The summed E-state index contributed by atoms with van der Waals surface area (Å²) in [5, 5.41) is 3.86. The van der Waals surface area contributed by atoms with E-state index in [0.29, 0.717) is 6.10 Å². The number of nitrogens with one attached hydrogen (secondary N) is 1. The minimum absolute atomic E-state index is 0.564. The molecule has 0 aromatic heterocycles. The predicted octanol–water partition coefficient (Wildman–Crippen LogP) is 4.67. The van der Waals surface area contributed by atoms with Gasteiger partial charge in [0.1, 0.15) is 0 Å². The second kappa shape index (κ2) is 9.78. The zero-order valence-corrected chi connectivity index (χ0v) is 13.5. The first-order chi connectivity index (χ1) is 9.90. The van der Waals surface area contributed by atoms with Crippen LogP contribution in [0, 0.1) is 5.92 Å². The minimum Gasteiger partial charge on any atom is -0.378 e. The van der Waals surface area contributed by atoms with Crippen LogP contribution in [0.1, 0.15) is 84.0 Å². The lowest BCUT2D eigenvalue weighted by Crippen LogP contribution is -2.37. The van der Waals surface area contributed by atoms with E-state index in [1.807, 2.05) is 0 Å². The molecule has 0 radical (unpaired) electrons. The van der Waals surface area contributed by atoms with Crippen molar-refractivity contribution >= 4 is 0 Å². The molecular formula is C18H35NO. The molecule has 1 saturated carbocycles. The van der Waals surface area contributed by atoms with Gasteiger partial charge in [0.15, 0.2) is 0 Å². The second-order valence-electron chi connectivity index (χ2n) is 6.88. The summed E-state index contributed by atoms with van der Waals surface area (Å²) in [6, 6.07) is 0.747. The van der Waals surface area contributed by atoms with Crippen molar-refractivity contribution in [3.63, 3.8) is 0 Å². The van der Waals surface area contributed by atoms with Gasteiger partial charge in [0, 0.05) is 12.6 Å². The molecule has 0 aromatic carbocycles. The maximum absolute atomic E-state index is 5.81. The van der Waals surface area contributed by atoms with Gasteiger partial charge in [-0.15, -0.1) is 0 Å². The molecule has 0 amide bonds. The summed E-state index contributed by atoms with van der Waals surface area (Å²) in [6.45, 7) is 4.47. The van der Waals surface area contributed by atoms with Crippen LogP contribution in [0.25, 0.3) is 0 Å². The lowest BCUT2D eigenvalue weighted by molar-refractivity contribution is 0.0960. The van der Waals surface area contributed by atoms with Crippen LogP contribution in [0.2, 0.25) is 0 Å². The molecule has 2 heteroatoms. The van der Waals surface area contributed by atoms with Gasteiger partial charge in [0.2, 0.25) is 0 Å². The molecule has 2 atom stereocenters. The van der Waals surface area contributed by atoms with Crippen LogP contribution >= 0.6 is 0 Å². The van der Waals surface area contributed by atoms with Gasteiger partial charge < -0.3 is 10.1 Å². The van der Waals surface area contributed by atoms with Gasteiger partial charge in [0.05, 0.1) is 6.10 Å². The van der Waals surface area contributed by atoms with E-state index in [2.05, 4.69) is 12.2 Å². The highest BCUT2D eigenvalue weighted by Gasteiger charge is 2.24. The predicted molar refractivity (Wildman–Crippen MR) is 86.1 cm³/mol. The number of ether oxygens (including phenoxy) is 1. The van der Waals surface area contributed by atoms with Crippen molar-refractivity contribution in [3.05, 3.63) is 0 Å². The van der Waals surface area contributed by atoms with E-state index in [4.69, 9.17) is 4.74 Å². The first-order valence-electron chi connectivity index (χ1n) is 9.25. The highest BCUT2D eigenvalue weighted by Crippen LogP contribution is 2.28. The van der Waals surface area contributed by atoms with Gasteiger partial charge >= 0.3 is 0 Å². The van der Waals surface area contributed by atoms with E-state index in [1.165, 1.54) is 83.6 Å². The van der Waals surface area contributed by atoms with Gasteiger partial charge in [-0.25, -0.2) is 0 Å². The Morgan fingerprint density at radius 1 is 1.00 bits per heavy atom. The normalized spacial score (nSPS) is 27.1. The van der Waals surface area contributed by atoms with E-state index in [-0.39, 0.29) is 0 Å². The summed E-state index contributed by atoms with van der Waals surface area (Å²) < 4.78 is 5.81.